The molecule has 28 heavy (non-hydrogen) atoms. The third-order valence-corrected chi connectivity index (χ3v) is 7.17. The number of dihydropyridines is 1. The van der Waals surface area contributed by atoms with Crippen LogP contribution in [0.2, 0.25) is 0 Å². The molecule has 0 saturated heterocycles. The fraction of sp³-hybridized carbons (Fsp3) is 0.261. The van der Waals surface area contributed by atoms with E-state index in [-0.39, 0.29) is 26.9 Å². The highest BCUT2D eigenvalue weighted by Gasteiger charge is 2.37. The highest BCUT2D eigenvalue weighted by atomic mass is 32.2. The Balaban J connectivity index is 1.68. The van der Waals surface area contributed by atoms with Crippen molar-refractivity contribution in [3.8, 4) is 0 Å². The van der Waals surface area contributed by atoms with Gasteiger partial charge in [0.2, 0.25) is 9.84 Å². The Kier molecular flexibility index (Phi) is 4.50. The number of benzene rings is 2. The molecule has 0 saturated carbocycles. The van der Waals surface area contributed by atoms with Crippen molar-refractivity contribution >= 4 is 15.6 Å². The molecule has 0 spiro atoms. The van der Waals surface area contributed by atoms with Crippen molar-refractivity contribution in [1.82, 2.24) is 5.32 Å². The molecule has 1 heterocycles. The van der Waals surface area contributed by atoms with Crippen molar-refractivity contribution < 1.29 is 13.2 Å². The Morgan fingerprint density at radius 3 is 2.25 bits per heavy atom. The number of Topliss-reactive ketones (excluding diaryl/α,β-unsaturated/α-hetero) is 1. The number of ketones is 1. The molecule has 0 bridgehead atoms. The molecule has 4 rings (SSSR count). The summed E-state index contributed by atoms with van der Waals surface area (Å²) in [5.74, 6) is 0.0161. The first-order valence-electron chi connectivity index (χ1n) is 9.37. The van der Waals surface area contributed by atoms with E-state index in [4.69, 9.17) is 0 Å². The predicted molar refractivity (Wildman–Crippen MR) is 108 cm³/mol. The van der Waals surface area contributed by atoms with Crippen LogP contribution in [0.1, 0.15) is 38.2 Å². The lowest BCUT2D eigenvalue weighted by Gasteiger charge is -2.36. The standard InChI is InChI=1S/C23H23NO3S/c1-23(2)14-20-22(21(25)15-23)19(12-13-24-20)16-8-10-18(11-9-16)28(26,27)17-6-4-3-5-7-17/h3-13,19,24H,14-15H2,1-2H3. The monoisotopic (exact) mass is 393 g/mol. The van der Waals surface area contributed by atoms with Crippen molar-refractivity contribution in [2.24, 2.45) is 5.41 Å². The molecule has 1 atom stereocenters. The molecular weight excluding hydrogens is 370 g/mol. The summed E-state index contributed by atoms with van der Waals surface area (Å²) in [7, 11) is -3.55. The van der Waals surface area contributed by atoms with Crippen LogP contribution < -0.4 is 5.32 Å². The van der Waals surface area contributed by atoms with E-state index in [1.165, 1.54) is 0 Å². The molecule has 4 nitrogen and oxygen atoms in total. The summed E-state index contributed by atoms with van der Waals surface area (Å²) in [5.41, 5.74) is 2.66. The zero-order chi connectivity index (χ0) is 19.9. The van der Waals surface area contributed by atoms with E-state index in [2.05, 4.69) is 19.2 Å². The zero-order valence-electron chi connectivity index (χ0n) is 16.0. The molecule has 0 radical (unpaired) electrons. The Morgan fingerprint density at radius 1 is 0.929 bits per heavy atom. The number of hydrogen-bond donors (Lipinski definition) is 1. The van der Waals surface area contributed by atoms with Crippen molar-refractivity contribution in [3.63, 3.8) is 0 Å². The lowest BCUT2D eigenvalue weighted by molar-refractivity contribution is -0.118. The van der Waals surface area contributed by atoms with E-state index in [0.717, 1.165) is 23.3 Å². The fourth-order valence-corrected chi connectivity index (χ4v) is 5.32. The van der Waals surface area contributed by atoms with Crippen LogP contribution >= 0.6 is 0 Å². The average Bonchev–Trinajstić information content (AvgIpc) is 2.67. The average molecular weight is 394 g/mol. The zero-order valence-corrected chi connectivity index (χ0v) is 16.8. The lowest BCUT2D eigenvalue weighted by Crippen LogP contribution is -2.33. The van der Waals surface area contributed by atoms with Crippen LogP contribution in [0.15, 0.2) is 87.9 Å². The first-order valence-corrected chi connectivity index (χ1v) is 10.9. The summed E-state index contributed by atoms with van der Waals surface area (Å²) >= 11 is 0. The van der Waals surface area contributed by atoms with Gasteiger partial charge in [-0.15, -0.1) is 0 Å². The highest BCUT2D eigenvalue weighted by Crippen LogP contribution is 2.42. The van der Waals surface area contributed by atoms with E-state index in [0.29, 0.717) is 6.42 Å². The maximum atomic E-state index is 12.8. The molecule has 0 amide bonds. The van der Waals surface area contributed by atoms with Crippen LogP contribution in [0.5, 0.6) is 0 Å². The molecule has 0 fully saturated rings. The van der Waals surface area contributed by atoms with Gasteiger partial charge in [0.15, 0.2) is 5.78 Å². The third kappa shape index (κ3) is 3.31. The first kappa shape index (κ1) is 18.7. The van der Waals surface area contributed by atoms with E-state index in [1.54, 1.807) is 42.5 Å². The van der Waals surface area contributed by atoms with Crippen LogP contribution in [0, 0.1) is 5.41 Å². The summed E-state index contributed by atoms with van der Waals surface area (Å²) in [4.78, 5) is 13.3. The molecule has 0 aromatic heterocycles. The third-order valence-electron chi connectivity index (χ3n) is 5.38. The number of hydrogen-bond acceptors (Lipinski definition) is 4. The summed E-state index contributed by atoms with van der Waals surface area (Å²) < 4.78 is 25.6. The largest absolute Gasteiger partial charge is 0.365 e. The Morgan fingerprint density at radius 2 is 1.57 bits per heavy atom. The minimum absolute atomic E-state index is 0.0493. The molecule has 1 N–H and O–H groups in total. The highest BCUT2D eigenvalue weighted by molar-refractivity contribution is 7.91. The number of nitrogens with one attached hydrogen (secondary N) is 1. The maximum absolute atomic E-state index is 12.8. The molecule has 1 unspecified atom stereocenters. The van der Waals surface area contributed by atoms with Crippen molar-refractivity contribution in [2.45, 2.75) is 42.4 Å². The topological polar surface area (TPSA) is 63.2 Å². The summed E-state index contributed by atoms with van der Waals surface area (Å²) in [6.45, 7) is 4.21. The predicted octanol–water partition coefficient (Wildman–Crippen LogP) is 4.36. The van der Waals surface area contributed by atoms with E-state index >= 15 is 0 Å². The van der Waals surface area contributed by atoms with Gasteiger partial charge in [-0.2, -0.15) is 0 Å². The normalized spacial score (nSPS) is 21.2. The molecule has 1 aliphatic heterocycles. The SMILES string of the molecule is CC1(C)CC(=O)C2=C(C1)NC=CC2c1ccc(S(=O)(=O)c2ccccc2)cc1. The van der Waals surface area contributed by atoms with Gasteiger partial charge in [0.25, 0.3) is 0 Å². The van der Waals surface area contributed by atoms with Crippen LogP contribution in [0.3, 0.4) is 0 Å². The van der Waals surface area contributed by atoms with Gasteiger partial charge in [-0.3, -0.25) is 4.79 Å². The van der Waals surface area contributed by atoms with Crippen molar-refractivity contribution in [3.05, 3.63) is 83.7 Å². The van der Waals surface area contributed by atoms with Gasteiger partial charge in [0.05, 0.1) is 9.79 Å². The van der Waals surface area contributed by atoms with Gasteiger partial charge in [0, 0.05) is 23.6 Å². The van der Waals surface area contributed by atoms with Crippen LogP contribution in [-0.2, 0) is 14.6 Å². The van der Waals surface area contributed by atoms with E-state index < -0.39 is 9.84 Å². The second-order valence-electron chi connectivity index (χ2n) is 8.20. The number of carbonyl (C=O) groups excluding carboxylic acids is 1. The number of carbonyl (C=O) groups is 1. The van der Waals surface area contributed by atoms with Gasteiger partial charge >= 0.3 is 0 Å². The van der Waals surface area contributed by atoms with Gasteiger partial charge in [0.1, 0.15) is 0 Å². The molecule has 1 aliphatic carbocycles. The maximum Gasteiger partial charge on any atom is 0.206 e. The first-order chi connectivity index (χ1) is 13.3. The molecule has 2 aliphatic rings. The quantitative estimate of drug-likeness (QED) is 0.841. The second kappa shape index (κ2) is 6.74. The van der Waals surface area contributed by atoms with Gasteiger partial charge in [-0.1, -0.05) is 50.3 Å². The van der Waals surface area contributed by atoms with E-state index in [1.807, 2.05) is 24.4 Å². The minimum Gasteiger partial charge on any atom is -0.365 e. The number of rotatable bonds is 3. The van der Waals surface area contributed by atoms with Gasteiger partial charge < -0.3 is 5.32 Å². The minimum atomic E-state index is -3.55. The Bertz CT molecular complexity index is 1080. The second-order valence-corrected chi connectivity index (χ2v) is 10.1. The van der Waals surface area contributed by atoms with Crippen LogP contribution in [0.4, 0.5) is 0 Å². The smallest absolute Gasteiger partial charge is 0.206 e. The Hall–Kier alpha value is -2.66. The number of sulfone groups is 1. The summed E-state index contributed by atoms with van der Waals surface area (Å²) in [6, 6.07) is 15.3. The molecule has 144 valence electrons. The van der Waals surface area contributed by atoms with Crippen LogP contribution in [0.25, 0.3) is 0 Å². The summed E-state index contributed by atoms with van der Waals surface area (Å²) in [6.07, 6.45) is 5.20. The van der Waals surface area contributed by atoms with Crippen molar-refractivity contribution in [1.29, 1.82) is 0 Å². The Labute approximate surface area is 165 Å². The fourth-order valence-electron chi connectivity index (χ4n) is 4.03. The molecule has 2 aromatic rings. The molecular formula is C23H23NO3S. The lowest BCUT2D eigenvalue weighted by atomic mass is 9.71. The molecule has 2 aromatic carbocycles. The van der Waals surface area contributed by atoms with Gasteiger partial charge in [-0.25, -0.2) is 8.42 Å². The van der Waals surface area contributed by atoms with E-state index in [9.17, 15) is 13.2 Å². The number of allylic oxidation sites excluding steroid dienone is 3. The summed E-state index contributed by atoms with van der Waals surface area (Å²) in [5, 5.41) is 3.25. The van der Waals surface area contributed by atoms with Gasteiger partial charge in [-0.05, 0) is 47.9 Å². The van der Waals surface area contributed by atoms with Crippen LogP contribution in [-0.4, -0.2) is 14.2 Å². The van der Waals surface area contributed by atoms with Crippen molar-refractivity contribution in [2.75, 3.05) is 0 Å². The molecule has 5 heteroatoms.